The lowest BCUT2D eigenvalue weighted by molar-refractivity contribution is -0.122. The van der Waals surface area contributed by atoms with E-state index in [0.29, 0.717) is 5.16 Å². The number of fused-ring (bicyclic) bond motifs is 1. The SMILES string of the molecule is CCc1ccccc1NC(=O)CNC(=O)CSc1nc2ccc(C)cc2[nH]1. The van der Waals surface area contributed by atoms with E-state index in [-0.39, 0.29) is 24.1 Å². The fraction of sp³-hybridized carbons (Fsp3) is 0.250. The van der Waals surface area contributed by atoms with Crippen LogP contribution in [0.4, 0.5) is 5.69 Å². The molecule has 0 saturated heterocycles. The average molecular weight is 382 g/mol. The van der Waals surface area contributed by atoms with Gasteiger partial charge in [-0.25, -0.2) is 4.98 Å². The molecule has 140 valence electrons. The molecule has 0 saturated carbocycles. The van der Waals surface area contributed by atoms with Gasteiger partial charge in [0.2, 0.25) is 11.8 Å². The molecule has 3 aromatic rings. The Hall–Kier alpha value is -2.80. The third kappa shape index (κ3) is 5.10. The number of nitrogens with one attached hydrogen (secondary N) is 3. The first-order valence-corrected chi connectivity index (χ1v) is 9.77. The topological polar surface area (TPSA) is 86.9 Å². The molecule has 0 atom stereocenters. The van der Waals surface area contributed by atoms with Crippen LogP contribution in [0.25, 0.3) is 11.0 Å². The highest BCUT2D eigenvalue weighted by Gasteiger charge is 2.10. The number of H-pyrrole nitrogens is 1. The van der Waals surface area contributed by atoms with Crippen LogP contribution in [0.5, 0.6) is 0 Å². The van der Waals surface area contributed by atoms with Gasteiger partial charge in [-0.1, -0.05) is 43.0 Å². The molecule has 0 spiro atoms. The highest BCUT2D eigenvalue weighted by Crippen LogP contribution is 2.20. The highest BCUT2D eigenvalue weighted by molar-refractivity contribution is 7.99. The Bertz CT molecular complexity index is 968. The first kappa shape index (κ1) is 19.0. The van der Waals surface area contributed by atoms with Gasteiger partial charge in [0.15, 0.2) is 5.16 Å². The largest absolute Gasteiger partial charge is 0.346 e. The van der Waals surface area contributed by atoms with Crippen molar-refractivity contribution >= 4 is 40.3 Å². The van der Waals surface area contributed by atoms with Gasteiger partial charge in [0.05, 0.1) is 23.3 Å². The predicted molar refractivity (Wildman–Crippen MR) is 109 cm³/mol. The van der Waals surface area contributed by atoms with Crippen LogP contribution in [0.3, 0.4) is 0 Å². The van der Waals surface area contributed by atoms with Crippen LogP contribution in [0.15, 0.2) is 47.6 Å². The molecule has 1 heterocycles. The van der Waals surface area contributed by atoms with Crippen molar-refractivity contribution in [2.24, 2.45) is 0 Å². The first-order valence-electron chi connectivity index (χ1n) is 8.78. The number of rotatable bonds is 7. The van der Waals surface area contributed by atoms with Crippen LogP contribution in [-0.4, -0.2) is 34.1 Å². The number of nitrogens with zero attached hydrogens (tertiary/aromatic N) is 1. The second-order valence-electron chi connectivity index (χ2n) is 6.19. The van der Waals surface area contributed by atoms with E-state index in [1.165, 1.54) is 11.8 Å². The molecule has 1 aromatic heterocycles. The predicted octanol–water partition coefficient (Wildman–Crippen LogP) is 3.28. The number of hydrogen-bond acceptors (Lipinski definition) is 4. The van der Waals surface area contributed by atoms with E-state index >= 15 is 0 Å². The Morgan fingerprint density at radius 2 is 1.96 bits per heavy atom. The van der Waals surface area contributed by atoms with Gasteiger partial charge in [0, 0.05) is 5.69 Å². The van der Waals surface area contributed by atoms with Gasteiger partial charge in [-0.15, -0.1) is 0 Å². The number of hydrogen-bond donors (Lipinski definition) is 3. The Morgan fingerprint density at radius 1 is 1.15 bits per heavy atom. The fourth-order valence-electron chi connectivity index (χ4n) is 2.68. The summed E-state index contributed by atoms with van der Waals surface area (Å²) in [7, 11) is 0. The number of anilines is 1. The summed E-state index contributed by atoms with van der Waals surface area (Å²) in [4.78, 5) is 31.7. The maximum absolute atomic E-state index is 12.1. The van der Waals surface area contributed by atoms with E-state index < -0.39 is 0 Å². The third-order valence-electron chi connectivity index (χ3n) is 4.07. The maximum Gasteiger partial charge on any atom is 0.243 e. The molecule has 0 bridgehead atoms. The van der Waals surface area contributed by atoms with Crippen LogP contribution < -0.4 is 10.6 Å². The Labute approximate surface area is 162 Å². The third-order valence-corrected chi connectivity index (χ3v) is 4.95. The number of aromatic amines is 1. The number of aryl methyl sites for hydroxylation is 2. The molecule has 7 heteroatoms. The number of imidazole rings is 1. The van der Waals surface area contributed by atoms with Crippen LogP contribution in [0.2, 0.25) is 0 Å². The lowest BCUT2D eigenvalue weighted by Crippen LogP contribution is -2.34. The smallest absolute Gasteiger partial charge is 0.243 e. The molecule has 0 aliphatic carbocycles. The van der Waals surface area contributed by atoms with Crippen LogP contribution in [0.1, 0.15) is 18.1 Å². The lowest BCUT2D eigenvalue weighted by Gasteiger charge is -2.10. The van der Waals surface area contributed by atoms with Gasteiger partial charge >= 0.3 is 0 Å². The van der Waals surface area contributed by atoms with Crippen molar-refractivity contribution in [1.82, 2.24) is 15.3 Å². The summed E-state index contributed by atoms with van der Waals surface area (Å²) in [5.41, 5.74) is 4.82. The van der Waals surface area contributed by atoms with Gasteiger partial charge in [0.25, 0.3) is 0 Å². The van der Waals surface area contributed by atoms with Gasteiger partial charge in [-0.05, 0) is 42.7 Å². The van der Waals surface area contributed by atoms with Gasteiger partial charge in [0.1, 0.15) is 0 Å². The molecule has 0 radical (unpaired) electrons. The molecule has 6 nitrogen and oxygen atoms in total. The highest BCUT2D eigenvalue weighted by atomic mass is 32.2. The molecule has 27 heavy (non-hydrogen) atoms. The fourth-order valence-corrected chi connectivity index (χ4v) is 3.39. The summed E-state index contributed by atoms with van der Waals surface area (Å²) in [6, 6.07) is 13.6. The number of para-hydroxylation sites is 1. The van der Waals surface area contributed by atoms with Crippen molar-refractivity contribution in [3.63, 3.8) is 0 Å². The summed E-state index contributed by atoms with van der Waals surface area (Å²) < 4.78 is 0. The molecule has 0 unspecified atom stereocenters. The minimum Gasteiger partial charge on any atom is -0.346 e. The molecule has 0 fully saturated rings. The maximum atomic E-state index is 12.1. The Kier molecular flexibility index (Phi) is 6.13. The van der Waals surface area contributed by atoms with E-state index in [1.54, 1.807) is 0 Å². The second kappa shape index (κ2) is 8.73. The zero-order chi connectivity index (χ0) is 19.2. The standard InChI is InChI=1S/C20H22N4O2S/c1-3-14-6-4-5-7-15(14)22-18(25)11-21-19(26)12-27-20-23-16-9-8-13(2)10-17(16)24-20/h4-10H,3,11-12H2,1-2H3,(H,21,26)(H,22,25)(H,23,24). The summed E-state index contributed by atoms with van der Waals surface area (Å²) in [6.45, 7) is 3.99. The zero-order valence-corrected chi connectivity index (χ0v) is 16.2. The first-order chi connectivity index (χ1) is 13.0. The van der Waals surface area contributed by atoms with Gasteiger partial charge in [-0.3, -0.25) is 9.59 Å². The molecule has 0 aliphatic rings. The van der Waals surface area contributed by atoms with Gasteiger partial charge in [-0.2, -0.15) is 0 Å². The number of thioether (sulfide) groups is 1. The number of benzene rings is 2. The molecule has 3 rings (SSSR count). The van der Waals surface area contributed by atoms with Crippen molar-refractivity contribution in [3.8, 4) is 0 Å². The van der Waals surface area contributed by atoms with E-state index in [2.05, 4.69) is 20.6 Å². The number of carbonyl (C=O) groups is 2. The summed E-state index contributed by atoms with van der Waals surface area (Å²) >= 11 is 1.31. The molecular weight excluding hydrogens is 360 g/mol. The van der Waals surface area contributed by atoms with Crippen molar-refractivity contribution < 1.29 is 9.59 Å². The average Bonchev–Trinajstić information content (AvgIpc) is 3.07. The monoisotopic (exact) mass is 382 g/mol. The van der Waals surface area contributed by atoms with Crippen LogP contribution in [-0.2, 0) is 16.0 Å². The molecule has 3 N–H and O–H groups in total. The number of amides is 2. The van der Waals surface area contributed by atoms with Crippen molar-refractivity contribution in [3.05, 3.63) is 53.6 Å². The van der Waals surface area contributed by atoms with E-state index in [9.17, 15) is 9.59 Å². The minimum atomic E-state index is -0.242. The quantitative estimate of drug-likeness (QED) is 0.547. The van der Waals surface area contributed by atoms with E-state index in [0.717, 1.165) is 34.3 Å². The normalized spacial score (nSPS) is 10.7. The lowest BCUT2D eigenvalue weighted by atomic mass is 10.1. The van der Waals surface area contributed by atoms with Crippen LogP contribution in [0, 0.1) is 6.92 Å². The van der Waals surface area contributed by atoms with E-state index in [1.807, 2.05) is 56.3 Å². The Morgan fingerprint density at radius 3 is 2.78 bits per heavy atom. The van der Waals surface area contributed by atoms with Gasteiger partial charge < -0.3 is 15.6 Å². The summed E-state index contributed by atoms with van der Waals surface area (Å²) in [6.07, 6.45) is 0.830. The van der Waals surface area contributed by atoms with Crippen molar-refractivity contribution in [2.75, 3.05) is 17.6 Å². The number of aromatic nitrogens is 2. The van der Waals surface area contributed by atoms with Crippen molar-refractivity contribution in [2.45, 2.75) is 25.4 Å². The summed E-state index contributed by atoms with van der Waals surface area (Å²) in [5.74, 6) is -0.263. The summed E-state index contributed by atoms with van der Waals surface area (Å²) in [5, 5.41) is 6.16. The van der Waals surface area contributed by atoms with Crippen LogP contribution >= 0.6 is 11.8 Å². The van der Waals surface area contributed by atoms with E-state index in [4.69, 9.17) is 0 Å². The minimum absolute atomic E-state index is 0.0588. The number of carbonyl (C=O) groups excluding carboxylic acids is 2. The molecular formula is C20H22N4O2S. The van der Waals surface area contributed by atoms with Crippen molar-refractivity contribution in [1.29, 1.82) is 0 Å². The Balaban J connectivity index is 1.46. The molecule has 0 aliphatic heterocycles. The second-order valence-corrected chi connectivity index (χ2v) is 7.15. The molecule has 2 amide bonds. The zero-order valence-electron chi connectivity index (χ0n) is 15.3. The molecule has 2 aromatic carbocycles.